The molecule has 2 N–H and O–H groups in total. The molecule has 142 valence electrons. The van der Waals surface area contributed by atoms with Gasteiger partial charge in [-0.2, -0.15) is 0 Å². The van der Waals surface area contributed by atoms with E-state index in [1.54, 1.807) is 12.1 Å². The second-order valence-electron chi connectivity index (χ2n) is 7.40. The third-order valence-corrected chi connectivity index (χ3v) is 5.46. The van der Waals surface area contributed by atoms with E-state index in [4.69, 9.17) is 0 Å². The van der Waals surface area contributed by atoms with Crippen LogP contribution in [0.15, 0.2) is 66.7 Å². The molecule has 0 saturated carbocycles. The largest absolute Gasteiger partial charge is 0.358 e. The number of aromatic amines is 2. The van der Waals surface area contributed by atoms with Crippen LogP contribution in [0.3, 0.4) is 0 Å². The first-order valence-corrected chi connectivity index (χ1v) is 9.48. The molecular weight excluding hydrogens is 362 g/mol. The van der Waals surface area contributed by atoms with E-state index >= 15 is 0 Å². The minimum Gasteiger partial charge on any atom is -0.358 e. The van der Waals surface area contributed by atoms with Crippen LogP contribution in [-0.4, -0.2) is 14.9 Å². The van der Waals surface area contributed by atoms with Crippen molar-refractivity contribution in [2.75, 3.05) is 0 Å². The van der Waals surface area contributed by atoms with Crippen molar-refractivity contribution in [3.8, 4) is 22.4 Å². The van der Waals surface area contributed by atoms with Gasteiger partial charge in [0.1, 0.15) is 0 Å². The second kappa shape index (κ2) is 6.34. The number of fused-ring (bicyclic) bond motifs is 2. The molecule has 0 aliphatic rings. The summed E-state index contributed by atoms with van der Waals surface area (Å²) in [5.74, 6) is 0. The average molecular weight is 381 g/mol. The number of nitrogens with zero attached hydrogens (tertiary/aromatic N) is 1. The van der Waals surface area contributed by atoms with Gasteiger partial charge in [0.2, 0.25) is 0 Å². The van der Waals surface area contributed by atoms with Gasteiger partial charge >= 0.3 is 0 Å². The Morgan fingerprint density at radius 2 is 1.52 bits per heavy atom. The molecule has 5 nitrogen and oxygen atoms in total. The standard InChI is InChI=1S/C24H19N3O2/c1-14-7-12-21-19(13-14)23(16-8-10-17(11-9-16)27(28)29)24(26-21)22-15(2)25-20-6-4-3-5-18(20)22/h3-13,25-26H,1-2H3. The van der Waals surface area contributed by atoms with E-state index in [1.807, 2.05) is 24.3 Å². The van der Waals surface area contributed by atoms with Gasteiger partial charge in [-0.1, -0.05) is 29.8 Å². The highest BCUT2D eigenvalue weighted by Crippen LogP contribution is 2.42. The molecule has 0 amide bonds. The Bertz CT molecular complexity index is 1390. The Balaban J connectivity index is 1.85. The van der Waals surface area contributed by atoms with Gasteiger partial charge in [-0.3, -0.25) is 10.1 Å². The molecule has 3 aromatic carbocycles. The number of hydrogen-bond acceptors (Lipinski definition) is 2. The zero-order valence-corrected chi connectivity index (χ0v) is 16.1. The van der Waals surface area contributed by atoms with Crippen molar-refractivity contribution >= 4 is 27.5 Å². The van der Waals surface area contributed by atoms with Crippen molar-refractivity contribution < 1.29 is 4.92 Å². The molecule has 0 aliphatic carbocycles. The van der Waals surface area contributed by atoms with Gasteiger partial charge in [0.15, 0.2) is 0 Å². The van der Waals surface area contributed by atoms with Crippen LogP contribution in [0.25, 0.3) is 44.2 Å². The van der Waals surface area contributed by atoms with E-state index in [0.717, 1.165) is 49.9 Å². The van der Waals surface area contributed by atoms with Crippen LogP contribution < -0.4 is 0 Å². The maximum atomic E-state index is 11.1. The normalized spacial score (nSPS) is 11.4. The second-order valence-corrected chi connectivity index (χ2v) is 7.40. The highest BCUT2D eigenvalue weighted by molar-refractivity contribution is 6.09. The van der Waals surface area contributed by atoms with Gasteiger partial charge in [0, 0.05) is 50.8 Å². The first-order chi connectivity index (χ1) is 14.0. The summed E-state index contributed by atoms with van der Waals surface area (Å²) in [7, 11) is 0. The minimum absolute atomic E-state index is 0.0922. The number of H-pyrrole nitrogens is 2. The van der Waals surface area contributed by atoms with Crippen LogP contribution in [0, 0.1) is 24.0 Å². The van der Waals surface area contributed by atoms with E-state index in [9.17, 15) is 10.1 Å². The highest BCUT2D eigenvalue weighted by atomic mass is 16.6. The van der Waals surface area contributed by atoms with Gasteiger partial charge in [0.25, 0.3) is 5.69 Å². The summed E-state index contributed by atoms with van der Waals surface area (Å²) in [5.41, 5.74) is 8.64. The van der Waals surface area contributed by atoms with Crippen LogP contribution >= 0.6 is 0 Å². The molecule has 0 fully saturated rings. The summed E-state index contributed by atoms with van der Waals surface area (Å²) in [5, 5.41) is 13.4. The number of nitrogens with one attached hydrogen (secondary N) is 2. The maximum Gasteiger partial charge on any atom is 0.269 e. The zero-order valence-electron chi connectivity index (χ0n) is 16.1. The average Bonchev–Trinajstić information content (AvgIpc) is 3.24. The van der Waals surface area contributed by atoms with Gasteiger partial charge < -0.3 is 9.97 Å². The van der Waals surface area contributed by atoms with Crippen molar-refractivity contribution in [1.82, 2.24) is 9.97 Å². The third-order valence-electron chi connectivity index (χ3n) is 5.46. The lowest BCUT2D eigenvalue weighted by molar-refractivity contribution is -0.384. The molecule has 0 saturated heterocycles. The number of nitro groups is 1. The van der Waals surface area contributed by atoms with Gasteiger partial charge in [-0.15, -0.1) is 0 Å². The molecule has 0 aliphatic heterocycles. The molecule has 0 atom stereocenters. The van der Waals surface area contributed by atoms with Crippen LogP contribution in [0.2, 0.25) is 0 Å². The predicted molar refractivity (Wildman–Crippen MR) is 117 cm³/mol. The minimum atomic E-state index is -0.367. The van der Waals surface area contributed by atoms with E-state index in [2.05, 4.69) is 54.1 Å². The molecule has 0 unspecified atom stereocenters. The highest BCUT2D eigenvalue weighted by Gasteiger charge is 2.20. The molecule has 0 bridgehead atoms. The number of non-ortho nitro benzene ring substituents is 1. The number of hydrogen-bond donors (Lipinski definition) is 2. The fraction of sp³-hybridized carbons (Fsp3) is 0.0833. The third kappa shape index (κ3) is 2.70. The Kier molecular flexibility index (Phi) is 3.77. The van der Waals surface area contributed by atoms with E-state index in [1.165, 1.54) is 5.56 Å². The zero-order chi connectivity index (χ0) is 20.1. The molecule has 0 spiro atoms. The molecular formula is C24H19N3O2. The van der Waals surface area contributed by atoms with Crippen molar-refractivity contribution in [1.29, 1.82) is 0 Å². The van der Waals surface area contributed by atoms with Crippen molar-refractivity contribution in [2.24, 2.45) is 0 Å². The SMILES string of the molecule is Cc1ccc2[nH]c(-c3c(C)[nH]c4ccccc34)c(-c3ccc([N+](=O)[O-])cc3)c2c1. The Labute approximate surface area is 167 Å². The molecule has 5 aromatic rings. The van der Waals surface area contributed by atoms with Crippen molar-refractivity contribution in [3.05, 3.63) is 88.1 Å². The summed E-state index contributed by atoms with van der Waals surface area (Å²) in [4.78, 5) is 17.8. The molecule has 2 heterocycles. The van der Waals surface area contributed by atoms with Crippen LogP contribution in [0.1, 0.15) is 11.3 Å². The fourth-order valence-corrected chi connectivity index (χ4v) is 4.14. The van der Waals surface area contributed by atoms with Crippen LogP contribution in [-0.2, 0) is 0 Å². The summed E-state index contributed by atoms with van der Waals surface area (Å²) in [6.45, 7) is 4.15. The monoisotopic (exact) mass is 381 g/mol. The topological polar surface area (TPSA) is 74.7 Å². The molecule has 5 rings (SSSR count). The summed E-state index contributed by atoms with van der Waals surface area (Å²) < 4.78 is 0. The summed E-state index contributed by atoms with van der Waals surface area (Å²) in [6, 6.07) is 21.4. The quantitative estimate of drug-likeness (QED) is 0.276. The fourth-order valence-electron chi connectivity index (χ4n) is 4.14. The first-order valence-electron chi connectivity index (χ1n) is 9.48. The van der Waals surface area contributed by atoms with E-state index < -0.39 is 0 Å². The predicted octanol–water partition coefficient (Wildman–Crippen LogP) is 6.51. The van der Waals surface area contributed by atoms with Crippen molar-refractivity contribution in [2.45, 2.75) is 13.8 Å². The molecule has 2 aromatic heterocycles. The number of nitro benzene ring substituents is 1. The molecule has 0 radical (unpaired) electrons. The number of aryl methyl sites for hydroxylation is 2. The smallest absolute Gasteiger partial charge is 0.269 e. The number of para-hydroxylation sites is 1. The maximum absolute atomic E-state index is 11.1. The first kappa shape index (κ1) is 17.3. The van der Waals surface area contributed by atoms with E-state index in [-0.39, 0.29) is 10.6 Å². The Morgan fingerprint density at radius 3 is 2.28 bits per heavy atom. The van der Waals surface area contributed by atoms with E-state index in [0.29, 0.717) is 0 Å². The Morgan fingerprint density at radius 1 is 0.793 bits per heavy atom. The number of rotatable bonds is 3. The number of aromatic nitrogens is 2. The van der Waals surface area contributed by atoms with Gasteiger partial charge in [-0.25, -0.2) is 0 Å². The molecule has 29 heavy (non-hydrogen) atoms. The van der Waals surface area contributed by atoms with Crippen LogP contribution in [0.5, 0.6) is 0 Å². The lowest BCUT2D eigenvalue weighted by atomic mass is 9.96. The summed E-state index contributed by atoms with van der Waals surface area (Å²) >= 11 is 0. The van der Waals surface area contributed by atoms with Gasteiger partial charge in [0.05, 0.1) is 10.6 Å². The Hall–Kier alpha value is -3.86. The lowest BCUT2D eigenvalue weighted by Crippen LogP contribution is -1.88. The summed E-state index contributed by atoms with van der Waals surface area (Å²) in [6.07, 6.45) is 0. The number of benzene rings is 3. The van der Waals surface area contributed by atoms with Crippen molar-refractivity contribution in [3.63, 3.8) is 0 Å². The lowest BCUT2D eigenvalue weighted by Gasteiger charge is -2.07. The van der Waals surface area contributed by atoms with Crippen LogP contribution in [0.4, 0.5) is 5.69 Å². The van der Waals surface area contributed by atoms with Gasteiger partial charge in [-0.05, 0) is 49.7 Å². The molecule has 5 heteroatoms.